The number of anilines is 1. The van der Waals surface area contributed by atoms with Crippen LogP contribution in [0.25, 0.3) is 6.08 Å². The lowest BCUT2D eigenvalue weighted by atomic mass is 10.1. The number of methoxy groups -OCH3 is 2. The highest BCUT2D eigenvalue weighted by Gasteiger charge is 2.05. The van der Waals surface area contributed by atoms with Gasteiger partial charge in [-0.1, -0.05) is 30.4 Å². The molecule has 0 saturated carbocycles. The second kappa shape index (κ2) is 9.88. The molecule has 0 saturated heterocycles. The van der Waals surface area contributed by atoms with Gasteiger partial charge in [-0.15, -0.1) is 0 Å². The second-order valence-electron chi connectivity index (χ2n) is 6.59. The fourth-order valence-electron chi connectivity index (χ4n) is 2.70. The first kappa shape index (κ1) is 19.9. The Morgan fingerprint density at radius 1 is 0.885 bits per heavy atom. The Kier molecular flexibility index (Phi) is 7.54. The average Bonchev–Trinajstić information content (AvgIpc) is 2.66. The first-order valence-electron chi connectivity index (χ1n) is 8.87. The Balaban J connectivity index is 1.82. The SMILES string of the molecule is COc1ccc(CCN(C)CC=Cc2ccc(N(C)C)cc2)cc1OC. The van der Waals surface area contributed by atoms with Crippen LogP contribution in [0.15, 0.2) is 48.5 Å². The predicted octanol–water partition coefficient (Wildman–Crippen LogP) is 3.96. The van der Waals surface area contributed by atoms with Crippen molar-refractivity contribution in [2.75, 3.05) is 53.4 Å². The van der Waals surface area contributed by atoms with E-state index in [-0.39, 0.29) is 0 Å². The molecule has 0 amide bonds. The monoisotopic (exact) mass is 354 g/mol. The molecule has 4 nitrogen and oxygen atoms in total. The van der Waals surface area contributed by atoms with E-state index in [1.54, 1.807) is 14.2 Å². The van der Waals surface area contributed by atoms with Crippen molar-refractivity contribution in [2.24, 2.45) is 0 Å². The molecule has 2 aromatic carbocycles. The molecule has 0 N–H and O–H groups in total. The summed E-state index contributed by atoms with van der Waals surface area (Å²) in [5.41, 5.74) is 3.69. The molecule has 0 aliphatic rings. The van der Waals surface area contributed by atoms with Gasteiger partial charge in [0.15, 0.2) is 11.5 Å². The van der Waals surface area contributed by atoms with Gasteiger partial charge in [-0.25, -0.2) is 0 Å². The molecule has 0 atom stereocenters. The molecule has 0 radical (unpaired) electrons. The van der Waals surface area contributed by atoms with E-state index in [2.05, 4.69) is 79.5 Å². The molecule has 2 rings (SSSR count). The lowest BCUT2D eigenvalue weighted by Crippen LogP contribution is -2.21. The molecule has 4 heteroatoms. The molecule has 0 aliphatic carbocycles. The molecule has 0 aliphatic heterocycles. The van der Waals surface area contributed by atoms with E-state index in [0.29, 0.717) is 0 Å². The molecule has 26 heavy (non-hydrogen) atoms. The fourth-order valence-corrected chi connectivity index (χ4v) is 2.70. The van der Waals surface area contributed by atoms with Gasteiger partial charge in [0.25, 0.3) is 0 Å². The largest absolute Gasteiger partial charge is 0.493 e. The van der Waals surface area contributed by atoms with Crippen LogP contribution < -0.4 is 14.4 Å². The summed E-state index contributed by atoms with van der Waals surface area (Å²) >= 11 is 0. The van der Waals surface area contributed by atoms with Gasteiger partial charge in [0.05, 0.1) is 14.2 Å². The van der Waals surface area contributed by atoms with E-state index in [1.807, 2.05) is 6.07 Å². The summed E-state index contributed by atoms with van der Waals surface area (Å²) in [6, 6.07) is 14.7. The zero-order valence-electron chi connectivity index (χ0n) is 16.5. The Bertz CT molecular complexity index is 709. The predicted molar refractivity (Wildman–Crippen MR) is 111 cm³/mol. The Labute approximate surface area is 157 Å². The number of hydrogen-bond donors (Lipinski definition) is 0. The highest BCUT2D eigenvalue weighted by atomic mass is 16.5. The van der Waals surface area contributed by atoms with Crippen molar-refractivity contribution < 1.29 is 9.47 Å². The number of nitrogens with zero attached hydrogens (tertiary/aromatic N) is 2. The summed E-state index contributed by atoms with van der Waals surface area (Å²) in [4.78, 5) is 4.41. The first-order valence-corrected chi connectivity index (χ1v) is 8.87. The topological polar surface area (TPSA) is 24.9 Å². The van der Waals surface area contributed by atoms with Crippen LogP contribution in [-0.4, -0.2) is 53.4 Å². The summed E-state index contributed by atoms with van der Waals surface area (Å²) in [6.45, 7) is 1.90. The maximum atomic E-state index is 5.37. The minimum Gasteiger partial charge on any atom is -0.493 e. The van der Waals surface area contributed by atoms with E-state index in [4.69, 9.17) is 9.47 Å². The highest BCUT2D eigenvalue weighted by Crippen LogP contribution is 2.27. The minimum atomic E-state index is 0.771. The van der Waals surface area contributed by atoms with Crippen molar-refractivity contribution in [3.63, 3.8) is 0 Å². The normalized spacial score (nSPS) is 11.2. The van der Waals surface area contributed by atoms with E-state index in [9.17, 15) is 0 Å². The molecule has 0 unspecified atom stereocenters. The lowest BCUT2D eigenvalue weighted by molar-refractivity contribution is 0.353. The van der Waals surface area contributed by atoms with Crippen LogP contribution in [0.1, 0.15) is 11.1 Å². The molecule has 140 valence electrons. The lowest BCUT2D eigenvalue weighted by Gasteiger charge is -2.15. The van der Waals surface area contributed by atoms with Crippen molar-refractivity contribution in [3.05, 3.63) is 59.7 Å². The van der Waals surface area contributed by atoms with Gasteiger partial charge < -0.3 is 19.3 Å². The van der Waals surface area contributed by atoms with Crippen molar-refractivity contribution in [1.29, 1.82) is 0 Å². The third kappa shape index (κ3) is 5.81. The van der Waals surface area contributed by atoms with Crippen LogP contribution >= 0.6 is 0 Å². The van der Waals surface area contributed by atoms with Crippen molar-refractivity contribution in [2.45, 2.75) is 6.42 Å². The van der Waals surface area contributed by atoms with Gasteiger partial charge in [-0.2, -0.15) is 0 Å². The molecule has 0 aromatic heterocycles. The Hall–Kier alpha value is -2.46. The number of benzene rings is 2. The fraction of sp³-hybridized carbons (Fsp3) is 0.364. The maximum absolute atomic E-state index is 5.37. The van der Waals surface area contributed by atoms with E-state index in [1.165, 1.54) is 16.8 Å². The standard InChI is InChI=1S/C22H30N2O2/c1-23(2)20-11-8-18(9-12-20)7-6-15-24(3)16-14-19-10-13-21(25-4)22(17-19)26-5/h6-13,17H,14-16H2,1-5H3. The van der Waals surface area contributed by atoms with Crippen LogP contribution in [0.5, 0.6) is 11.5 Å². The highest BCUT2D eigenvalue weighted by molar-refractivity contribution is 5.55. The molecule has 0 spiro atoms. The third-order valence-electron chi connectivity index (χ3n) is 4.37. The summed E-state index contributed by atoms with van der Waals surface area (Å²) in [5, 5.41) is 0. The summed E-state index contributed by atoms with van der Waals surface area (Å²) in [7, 11) is 9.58. The zero-order valence-corrected chi connectivity index (χ0v) is 16.5. The van der Waals surface area contributed by atoms with Crippen LogP contribution in [-0.2, 0) is 6.42 Å². The first-order chi connectivity index (χ1) is 12.5. The zero-order chi connectivity index (χ0) is 18.9. The minimum absolute atomic E-state index is 0.771. The van der Waals surface area contributed by atoms with Crippen LogP contribution in [0.4, 0.5) is 5.69 Å². The van der Waals surface area contributed by atoms with Gasteiger partial charge in [0, 0.05) is 32.9 Å². The van der Waals surface area contributed by atoms with Crippen molar-refractivity contribution in [1.82, 2.24) is 4.90 Å². The second-order valence-corrected chi connectivity index (χ2v) is 6.59. The maximum Gasteiger partial charge on any atom is 0.160 e. The molecular weight excluding hydrogens is 324 g/mol. The number of hydrogen-bond acceptors (Lipinski definition) is 4. The molecule has 0 heterocycles. The van der Waals surface area contributed by atoms with Gasteiger partial charge in [-0.3, -0.25) is 0 Å². The van der Waals surface area contributed by atoms with Crippen LogP contribution in [0.2, 0.25) is 0 Å². The summed E-state index contributed by atoms with van der Waals surface area (Å²) in [6.07, 6.45) is 5.36. The van der Waals surface area contributed by atoms with Crippen molar-refractivity contribution in [3.8, 4) is 11.5 Å². The van der Waals surface area contributed by atoms with Crippen LogP contribution in [0.3, 0.4) is 0 Å². The Morgan fingerprint density at radius 3 is 2.19 bits per heavy atom. The van der Waals surface area contributed by atoms with E-state index in [0.717, 1.165) is 31.0 Å². The third-order valence-corrected chi connectivity index (χ3v) is 4.37. The molecule has 0 bridgehead atoms. The van der Waals surface area contributed by atoms with Gasteiger partial charge in [0.2, 0.25) is 0 Å². The Morgan fingerprint density at radius 2 is 1.58 bits per heavy atom. The van der Waals surface area contributed by atoms with E-state index >= 15 is 0 Å². The number of ether oxygens (including phenoxy) is 2. The summed E-state index contributed by atoms with van der Waals surface area (Å²) in [5.74, 6) is 1.56. The number of likely N-dealkylation sites (N-methyl/N-ethyl adjacent to an activating group) is 1. The quantitative estimate of drug-likeness (QED) is 0.681. The van der Waals surface area contributed by atoms with Gasteiger partial charge >= 0.3 is 0 Å². The van der Waals surface area contributed by atoms with Gasteiger partial charge in [-0.05, 0) is 48.9 Å². The molecular formula is C22H30N2O2. The van der Waals surface area contributed by atoms with E-state index < -0.39 is 0 Å². The molecule has 0 fully saturated rings. The average molecular weight is 354 g/mol. The van der Waals surface area contributed by atoms with Crippen molar-refractivity contribution >= 4 is 11.8 Å². The smallest absolute Gasteiger partial charge is 0.160 e. The summed E-state index contributed by atoms with van der Waals surface area (Å²) < 4.78 is 10.7. The molecule has 2 aromatic rings. The van der Waals surface area contributed by atoms with Gasteiger partial charge in [0.1, 0.15) is 0 Å². The number of rotatable bonds is 9. The van der Waals surface area contributed by atoms with Crippen LogP contribution in [0, 0.1) is 0 Å².